The monoisotopic (exact) mass is 281 g/mol. The van der Waals surface area contributed by atoms with Crippen LogP contribution in [0.1, 0.15) is 29.8 Å². The van der Waals surface area contributed by atoms with Gasteiger partial charge in [-0.05, 0) is 25.3 Å². The first-order chi connectivity index (χ1) is 9.58. The van der Waals surface area contributed by atoms with E-state index in [9.17, 15) is 14.9 Å². The third-order valence-electron chi connectivity index (χ3n) is 3.06. The Kier molecular flexibility index (Phi) is 4.46. The van der Waals surface area contributed by atoms with Crippen LogP contribution in [0, 0.1) is 10.1 Å². The summed E-state index contributed by atoms with van der Waals surface area (Å²) in [5, 5.41) is 22.6. The topological polar surface area (TPSA) is 115 Å². The van der Waals surface area contributed by atoms with Crippen LogP contribution >= 0.6 is 0 Å². The van der Waals surface area contributed by atoms with E-state index >= 15 is 0 Å². The number of anilines is 1. The minimum atomic E-state index is -1.23. The van der Waals surface area contributed by atoms with Gasteiger partial charge in [-0.2, -0.15) is 0 Å². The number of carbonyl (C=O) groups is 1. The third kappa shape index (κ3) is 3.41. The molecule has 1 aromatic rings. The first kappa shape index (κ1) is 14.2. The lowest BCUT2D eigenvalue weighted by atomic mass is 10.1. The molecule has 2 N–H and O–H groups in total. The number of nitro groups is 1. The number of nitrogens with one attached hydrogen (secondary N) is 1. The Bertz CT molecular complexity index is 514. The van der Waals surface area contributed by atoms with Crippen LogP contribution < -0.4 is 5.32 Å². The van der Waals surface area contributed by atoms with Gasteiger partial charge in [0.2, 0.25) is 5.82 Å². The zero-order valence-electron chi connectivity index (χ0n) is 10.7. The molecule has 0 radical (unpaired) electrons. The first-order valence-corrected chi connectivity index (χ1v) is 6.32. The Labute approximate surface area is 114 Å². The molecule has 1 atom stereocenters. The lowest BCUT2D eigenvalue weighted by molar-refractivity contribution is -0.384. The molecular formula is C12H15N3O5. The fourth-order valence-corrected chi connectivity index (χ4v) is 2.03. The van der Waals surface area contributed by atoms with Crippen molar-refractivity contribution >= 4 is 17.5 Å². The fraction of sp³-hybridized carbons (Fsp3) is 0.500. The van der Waals surface area contributed by atoms with Crippen LogP contribution in [0.25, 0.3) is 0 Å². The van der Waals surface area contributed by atoms with Gasteiger partial charge < -0.3 is 15.2 Å². The average Bonchev–Trinajstić information content (AvgIpc) is 2.45. The number of pyridine rings is 1. The largest absolute Gasteiger partial charge is 0.477 e. The number of nitrogens with zero attached hydrogens (tertiary/aromatic N) is 2. The van der Waals surface area contributed by atoms with Crippen molar-refractivity contribution in [2.45, 2.75) is 25.4 Å². The van der Waals surface area contributed by atoms with Gasteiger partial charge in [-0.15, -0.1) is 0 Å². The maximum Gasteiger partial charge on any atom is 0.354 e. The highest BCUT2D eigenvalue weighted by molar-refractivity contribution is 5.86. The quantitative estimate of drug-likeness (QED) is 0.623. The second-order valence-corrected chi connectivity index (χ2v) is 4.50. The molecule has 1 saturated heterocycles. The van der Waals surface area contributed by atoms with E-state index in [0.717, 1.165) is 31.4 Å². The summed E-state index contributed by atoms with van der Waals surface area (Å²) in [6.45, 7) is 1.05. The van der Waals surface area contributed by atoms with E-state index in [-0.39, 0.29) is 23.3 Å². The Balaban J connectivity index is 2.12. The number of carboxylic acid groups (broad SMARTS) is 1. The van der Waals surface area contributed by atoms with E-state index in [2.05, 4.69) is 10.3 Å². The molecule has 1 aliphatic heterocycles. The van der Waals surface area contributed by atoms with E-state index in [0.29, 0.717) is 13.2 Å². The summed E-state index contributed by atoms with van der Waals surface area (Å²) in [5.74, 6) is -1.26. The van der Waals surface area contributed by atoms with Crippen molar-refractivity contribution in [2.75, 3.05) is 18.5 Å². The summed E-state index contributed by atoms with van der Waals surface area (Å²) in [6, 6.07) is 2.25. The molecule has 8 nitrogen and oxygen atoms in total. The minimum Gasteiger partial charge on any atom is -0.477 e. The molecule has 1 aromatic heterocycles. The molecule has 0 amide bonds. The van der Waals surface area contributed by atoms with Gasteiger partial charge in [-0.1, -0.05) is 0 Å². The third-order valence-corrected chi connectivity index (χ3v) is 3.06. The molecule has 20 heavy (non-hydrogen) atoms. The highest BCUT2D eigenvalue weighted by atomic mass is 16.6. The van der Waals surface area contributed by atoms with E-state index in [4.69, 9.17) is 9.84 Å². The van der Waals surface area contributed by atoms with E-state index in [1.54, 1.807) is 0 Å². The predicted octanol–water partition coefficient (Wildman–Crippen LogP) is 1.67. The van der Waals surface area contributed by atoms with Crippen molar-refractivity contribution in [1.82, 2.24) is 4.98 Å². The molecule has 1 aliphatic rings. The molecule has 108 valence electrons. The van der Waals surface area contributed by atoms with Gasteiger partial charge in [0.25, 0.3) is 0 Å². The summed E-state index contributed by atoms with van der Waals surface area (Å²) in [6.07, 6.45) is 2.92. The number of hydrogen-bond donors (Lipinski definition) is 2. The van der Waals surface area contributed by atoms with Crippen molar-refractivity contribution in [3.8, 4) is 0 Å². The number of hydrogen-bond acceptors (Lipinski definition) is 6. The zero-order valence-corrected chi connectivity index (χ0v) is 10.7. The Morgan fingerprint density at radius 2 is 2.35 bits per heavy atom. The van der Waals surface area contributed by atoms with Crippen LogP contribution in [0.15, 0.2) is 12.1 Å². The van der Waals surface area contributed by atoms with Crippen molar-refractivity contribution in [3.05, 3.63) is 27.9 Å². The lowest BCUT2D eigenvalue weighted by Crippen LogP contribution is -2.27. The van der Waals surface area contributed by atoms with Gasteiger partial charge in [-0.25, -0.2) is 9.78 Å². The highest BCUT2D eigenvalue weighted by Crippen LogP contribution is 2.23. The molecule has 0 saturated carbocycles. The molecule has 0 bridgehead atoms. The lowest BCUT2D eigenvalue weighted by Gasteiger charge is -2.22. The Morgan fingerprint density at radius 3 is 2.95 bits per heavy atom. The second-order valence-electron chi connectivity index (χ2n) is 4.50. The van der Waals surface area contributed by atoms with E-state index in [1.165, 1.54) is 0 Å². The summed E-state index contributed by atoms with van der Waals surface area (Å²) in [7, 11) is 0. The number of carboxylic acids is 1. The Hall–Kier alpha value is -2.22. The summed E-state index contributed by atoms with van der Waals surface area (Å²) in [5.41, 5.74) is -0.478. The molecule has 0 aliphatic carbocycles. The standard InChI is InChI=1S/C12H15N3O5/c16-12(17)9-4-5-10(15(18)19)11(14-9)13-7-8-3-1-2-6-20-8/h4-5,8H,1-3,6-7H2,(H,13,14)(H,16,17). The van der Waals surface area contributed by atoms with Crippen molar-refractivity contribution in [2.24, 2.45) is 0 Å². The van der Waals surface area contributed by atoms with Crippen molar-refractivity contribution in [1.29, 1.82) is 0 Å². The van der Waals surface area contributed by atoms with Gasteiger partial charge in [-0.3, -0.25) is 10.1 Å². The van der Waals surface area contributed by atoms with E-state index in [1.807, 2.05) is 0 Å². The SMILES string of the molecule is O=C(O)c1ccc([N+](=O)[O-])c(NCC2CCCCO2)n1. The maximum atomic E-state index is 10.9. The molecule has 2 heterocycles. The van der Waals surface area contributed by atoms with Crippen LogP contribution in [0.3, 0.4) is 0 Å². The molecule has 0 spiro atoms. The highest BCUT2D eigenvalue weighted by Gasteiger charge is 2.20. The van der Waals surface area contributed by atoms with E-state index < -0.39 is 10.9 Å². The summed E-state index contributed by atoms with van der Waals surface area (Å²) in [4.78, 5) is 24.9. The smallest absolute Gasteiger partial charge is 0.354 e. The van der Waals surface area contributed by atoms with Gasteiger partial charge in [0, 0.05) is 19.2 Å². The number of ether oxygens (including phenoxy) is 1. The minimum absolute atomic E-state index is 0.0290. The number of aromatic carboxylic acids is 1. The van der Waals surface area contributed by atoms with Crippen LogP contribution in [0.5, 0.6) is 0 Å². The number of rotatable bonds is 5. The molecule has 0 aromatic carbocycles. The van der Waals surface area contributed by atoms with Crippen molar-refractivity contribution in [3.63, 3.8) is 0 Å². The van der Waals surface area contributed by atoms with Crippen LogP contribution in [0.2, 0.25) is 0 Å². The van der Waals surface area contributed by atoms with Gasteiger partial charge in [0.15, 0.2) is 5.69 Å². The van der Waals surface area contributed by atoms with Crippen LogP contribution in [0.4, 0.5) is 11.5 Å². The molecule has 2 rings (SSSR count). The maximum absolute atomic E-state index is 10.9. The number of aromatic nitrogens is 1. The van der Waals surface area contributed by atoms with Gasteiger partial charge in [0.1, 0.15) is 0 Å². The molecule has 1 unspecified atom stereocenters. The Morgan fingerprint density at radius 1 is 1.55 bits per heavy atom. The molecule has 1 fully saturated rings. The van der Waals surface area contributed by atoms with Crippen LogP contribution in [-0.4, -0.2) is 40.2 Å². The van der Waals surface area contributed by atoms with Gasteiger partial charge in [0.05, 0.1) is 11.0 Å². The zero-order chi connectivity index (χ0) is 14.5. The van der Waals surface area contributed by atoms with Crippen molar-refractivity contribution < 1.29 is 19.6 Å². The average molecular weight is 281 g/mol. The van der Waals surface area contributed by atoms with Gasteiger partial charge >= 0.3 is 11.7 Å². The fourth-order valence-electron chi connectivity index (χ4n) is 2.03. The summed E-state index contributed by atoms with van der Waals surface area (Å²) < 4.78 is 5.50. The molecule has 8 heteroatoms. The normalized spacial score (nSPS) is 18.5. The predicted molar refractivity (Wildman–Crippen MR) is 69.9 cm³/mol. The first-order valence-electron chi connectivity index (χ1n) is 6.32. The van der Waals surface area contributed by atoms with Crippen LogP contribution in [-0.2, 0) is 4.74 Å². The second kappa shape index (κ2) is 6.29. The molecular weight excluding hydrogens is 266 g/mol. The summed E-state index contributed by atoms with van der Waals surface area (Å²) >= 11 is 0.